The van der Waals surface area contributed by atoms with Crippen LogP contribution in [0.3, 0.4) is 0 Å². The Hall–Kier alpha value is -0.610. The molecule has 0 spiro atoms. The van der Waals surface area contributed by atoms with Gasteiger partial charge in [-0.2, -0.15) is 0 Å². The molecule has 2 aliphatic heterocycles. The van der Waals surface area contributed by atoms with Crippen LogP contribution in [0.25, 0.3) is 0 Å². The van der Waals surface area contributed by atoms with Crippen LogP contribution >= 0.6 is 0 Å². The van der Waals surface area contributed by atoms with Gasteiger partial charge in [-0.25, -0.2) is 0 Å². The first-order chi connectivity index (χ1) is 8.58. The number of amides is 1. The molecule has 0 radical (unpaired) electrons. The molecule has 0 bridgehead atoms. The van der Waals surface area contributed by atoms with Crippen LogP contribution < -0.4 is 5.32 Å². The number of nitrogens with one attached hydrogen (secondary N) is 1. The highest BCUT2D eigenvalue weighted by atomic mass is 16.2. The SMILES string of the molecule is CC1CN(C(=O)CC2CCCNC2)CC1N(C)C. The lowest BCUT2D eigenvalue weighted by Crippen LogP contribution is -2.38. The van der Waals surface area contributed by atoms with Crippen molar-refractivity contribution >= 4 is 5.91 Å². The molecule has 0 saturated carbocycles. The van der Waals surface area contributed by atoms with Gasteiger partial charge >= 0.3 is 0 Å². The van der Waals surface area contributed by atoms with Gasteiger partial charge in [0, 0.05) is 25.6 Å². The predicted molar refractivity (Wildman–Crippen MR) is 73.4 cm³/mol. The second-order valence-electron chi connectivity index (χ2n) is 6.22. The Bertz CT molecular complexity index is 287. The normalized spacial score (nSPS) is 33.1. The monoisotopic (exact) mass is 253 g/mol. The molecule has 0 aromatic heterocycles. The van der Waals surface area contributed by atoms with Crippen LogP contribution in [0.15, 0.2) is 0 Å². The summed E-state index contributed by atoms with van der Waals surface area (Å²) >= 11 is 0. The first-order valence-corrected chi connectivity index (χ1v) is 7.23. The molecule has 4 nitrogen and oxygen atoms in total. The lowest BCUT2D eigenvalue weighted by atomic mass is 9.96. The Balaban J connectivity index is 1.82. The predicted octanol–water partition coefficient (Wildman–Crippen LogP) is 0.785. The average Bonchev–Trinajstić information content (AvgIpc) is 2.73. The highest BCUT2D eigenvalue weighted by Crippen LogP contribution is 2.23. The fraction of sp³-hybridized carbons (Fsp3) is 0.929. The number of carbonyl (C=O) groups is 1. The van der Waals surface area contributed by atoms with E-state index in [9.17, 15) is 4.79 Å². The molecular formula is C14H27N3O. The third-order valence-corrected chi connectivity index (χ3v) is 4.45. The van der Waals surface area contributed by atoms with Gasteiger partial charge in [-0.15, -0.1) is 0 Å². The fourth-order valence-corrected chi connectivity index (χ4v) is 3.30. The molecule has 2 saturated heterocycles. The van der Waals surface area contributed by atoms with Crippen molar-refractivity contribution in [1.82, 2.24) is 15.1 Å². The van der Waals surface area contributed by atoms with Crippen molar-refractivity contribution in [3.05, 3.63) is 0 Å². The van der Waals surface area contributed by atoms with Crippen LogP contribution in [0, 0.1) is 11.8 Å². The minimum absolute atomic E-state index is 0.361. The van der Waals surface area contributed by atoms with Crippen molar-refractivity contribution in [2.24, 2.45) is 11.8 Å². The van der Waals surface area contributed by atoms with Gasteiger partial charge in [0.15, 0.2) is 0 Å². The Kier molecular flexibility index (Phi) is 4.62. The Morgan fingerprint density at radius 1 is 1.39 bits per heavy atom. The first kappa shape index (κ1) is 13.8. The standard InChI is InChI=1S/C14H27N3O/c1-11-9-17(10-13(11)16(2)3)14(18)7-12-5-4-6-15-8-12/h11-13,15H,4-10H2,1-3H3. The fourth-order valence-electron chi connectivity index (χ4n) is 3.30. The van der Waals surface area contributed by atoms with E-state index in [1.54, 1.807) is 0 Å². The molecule has 3 unspecified atom stereocenters. The quantitative estimate of drug-likeness (QED) is 0.807. The summed E-state index contributed by atoms with van der Waals surface area (Å²) in [5.41, 5.74) is 0. The minimum atomic E-state index is 0.361. The lowest BCUT2D eigenvalue weighted by molar-refractivity contribution is -0.131. The summed E-state index contributed by atoms with van der Waals surface area (Å²) in [6.45, 7) is 6.23. The van der Waals surface area contributed by atoms with Gasteiger partial charge in [0.25, 0.3) is 0 Å². The van der Waals surface area contributed by atoms with Crippen LogP contribution in [-0.4, -0.2) is 62.0 Å². The van der Waals surface area contributed by atoms with Crippen molar-refractivity contribution in [1.29, 1.82) is 0 Å². The van der Waals surface area contributed by atoms with E-state index in [-0.39, 0.29) is 0 Å². The molecule has 1 N–H and O–H groups in total. The maximum atomic E-state index is 12.3. The number of rotatable bonds is 3. The van der Waals surface area contributed by atoms with Gasteiger partial charge < -0.3 is 15.1 Å². The van der Waals surface area contributed by atoms with Crippen LogP contribution in [0.4, 0.5) is 0 Å². The Morgan fingerprint density at radius 3 is 2.72 bits per heavy atom. The van der Waals surface area contributed by atoms with E-state index in [4.69, 9.17) is 0 Å². The Labute approximate surface area is 111 Å². The summed E-state index contributed by atoms with van der Waals surface area (Å²) < 4.78 is 0. The van der Waals surface area contributed by atoms with Gasteiger partial charge in [-0.3, -0.25) is 4.79 Å². The number of likely N-dealkylation sites (N-methyl/N-ethyl adjacent to an activating group) is 1. The third kappa shape index (κ3) is 3.23. The molecule has 3 atom stereocenters. The van der Waals surface area contributed by atoms with E-state index in [0.29, 0.717) is 23.8 Å². The zero-order valence-corrected chi connectivity index (χ0v) is 12.0. The zero-order valence-electron chi connectivity index (χ0n) is 12.0. The number of hydrogen-bond acceptors (Lipinski definition) is 3. The van der Waals surface area contributed by atoms with Crippen molar-refractivity contribution in [3.63, 3.8) is 0 Å². The summed E-state index contributed by atoms with van der Waals surface area (Å²) in [6.07, 6.45) is 3.16. The van der Waals surface area contributed by atoms with Gasteiger partial charge in [-0.1, -0.05) is 6.92 Å². The first-order valence-electron chi connectivity index (χ1n) is 7.23. The molecule has 2 aliphatic rings. The van der Waals surface area contributed by atoms with E-state index in [2.05, 4.69) is 36.1 Å². The van der Waals surface area contributed by atoms with Crippen molar-refractivity contribution in [2.45, 2.75) is 32.2 Å². The van der Waals surface area contributed by atoms with Gasteiger partial charge in [0.2, 0.25) is 5.91 Å². The molecule has 104 valence electrons. The van der Waals surface area contributed by atoms with E-state index in [0.717, 1.165) is 32.6 Å². The van der Waals surface area contributed by atoms with Gasteiger partial charge in [0.1, 0.15) is 0 Å². The van der Waals surface area contributed by atoms with Crippen molar-refractivity contribution in [3.8, 4) is 0 Å². The zero-order chi connectivity index (χ0) is 13.1. The van der Waals surface area contributed by atoms with Gasteiger partial charge in [-0.05, 0) is 51.9 Å². The average molecular weight is 253 g/mol. The summed E-state index contributed by atoms with van der Waals surface area (Å²) in [5.74, 6) is 1.51. The topological polar surface area (TPSA) is 35.6 Å². The number of piperidine rings is 1. The summed E-state index contributed by atoms with van der Waals surface area (Å²) in [6, 6.07) is 0.526. The molecule has 0 aromatic rings. The van der Waals surface area contributed by atoms with E-state index < -0.39 is 0 Å². The van der Waals surface area contributed by atoms with E-state index >= 15 is 0 Å². The third-order valence-electron chi connectivity index (χ3n) is 4.45. The molecule has 1 amide bonds. The summed E-state index contributed by atoms with van der Waals surface area (Å²) in [5, 5.41) is 3.39. The molecular weight excluding hydrogens is 226 g/mol. The van der Waals surface area contributed by atoms with Crippen LogP contribution in [0.2, 0.25) is 0 Å². The van der Waals surface area contributed by atoms with Crippen molar-refractivity contribution in [2.75, 3.05) is 40.3 Å². The van der Waals surface area contributed by atoms with Crippen LogP contribution in [0.1, 0.15) is 26.2 Å². The molecule has 18 heavy (non-hydrogen) atoms. The van der Waals surface area contributed by atoms with Gasteiger partial charge in [0.05, 0.1) is 0 Å². The number of hydrogen-bond donors (Lipinski definition) is 1. The molecule has 2 fully saturated rings. The second-order valence-corrected chi connectivity index (χ2v) is 6.22. The van der Waals surface area contributed by atoms with Crippen LogP contribution in [-0.2, 0) is 4.79 Å². The highest BCUT2D eigenvalue weighted by Gasteiger charge is 2.34. The lowest BCUT2D eigenvalue weighted by Gasteiger charge is -2.25. The number of carbonyl (C=O) groups excluding carboxylic acids is 1. The molecule has 4 heteroatoms. The Morgan fingerprint density at radius 2 is 2.17 bits per heavy atom. The molecule has 0 aromatic carbocycles. The molecule has 2 rings (SSSR count). The maximum Gasteiger partial charge on any atom is 0.222 e. The highest BCUT2D eigenvalue weighted by molar-refractivity contribution is 5.76. The smallest absolute Gasteiger partial charge is 0.222 e. The maximum absolute atomic E-state index is 12.3. The number of likely N-dealkylation sites (tertiary alicyclic amines) is 1. The molecule has 2 heterocycles. The minimum Gasteiger partial charge on any atom is -0.341 e. The largest absolute Gasteiger partial charge is 0.341 e. The number of nitrogens with zero attached hydrogens (tertiary/aromatic N) is 2. The summed E-state index contributed by atoms with van der Waals surface area (Å²) in [7, 11) is 4.22. The summed E-state index contributed by atoms with van der Waals surface area (Å²) in [4.78, 5) is 16.6. The van der Waals surface area contributed by atoms with E-state index in [1.807, 2.05) is 0 Å². The second kappa shape index (κ2) is 6.02. The molecule has 0 aliphatic carbocycles. The van der Waals surface area contributed by atoms with Crippen molar-refractivity contribution < 1.29 is 4.79 Å². The van der Waals surface area contributed by atoms with E-state index in [1.165, 1.54) is 12.8 Å². The van der Waals surface area contributed by atoms with Crippen LogP contribution in [0.5, 0.6) is 0 Å².